The molecule has 0 aromatic heterocycles. The number of piperidine rings is 1. The quantitative estimate of drug-likeness (QED) is 0.835. The van der Waals surface area contributed by atoms with Gasteiger partial charge in [0.25, 0.3) is 0 Å². The fraction of sp³-hybridized carbons (Fsp3) is 0.727. The minimum Gasteiger partial charge on any atom is -0.508 e. The van der Waals surface area contributed by atoms with E-state index in [0.29, 0.717) is 17.6 Å². The predicted molar refractivity (Wildman–Crippen MR) is 103 cm³/mol. The van der Waals surface area contributed by atoms with Gasteiger partial charge in [-0.2, -0.15) is 0 Å². The molecule has 1 aromatic carbocycles. The van der Waals surface area contributed by atoms with E-state index in [0.717, 1.165) is 32.5 Å². The third-order valence-corrected chi connectivity index (χ3v) is 7.01. The monoisotopic (exact) mass is 345 g/mol. The summed E-state index contributed by atoms with van der Waals surface area (Å²) in [7, 11) is 0. The number of aliphatic hydroxyl groups excluding tert-OH is 1. The van der Waals surface area contributed by atoms with Crippen LogP contribution in [0.25, 0.3) is 0 Å². The molecule has 1 aliphatic carbocycles. The van der Waals surface area contributed by atoms with Gasteiger partial charge in [-0.3, -0.25) is 0 Å². The molecule has 3 atom stereocenters. The van der Waals surface area contributed by atoms with Gasteiger partial charge in [-0.1, -0.05) is 45.2 Å². The van der Waals surface area contributed by atoms with Gasteiger partial charge >= 0.3 is 0 Å². The molecule has 2 fully saturated rings. The summed E-state index contributed by atoms with van der Waals surface area (Å²) in [5, 5.41) is 20.4. The van der Waals surface area contributed by atoms with Crippen LogP contribution in [0.1, 0.15) is 64.4 Å². The van der Waals surface area contributed by atoms with Gasteiger partial charge in [0.1, 0.15) is 5.75 Å². The Morgan fingerprint density at radius 1 is 1.24 bits per heavy atom. The normalized spacial score (nSPS) is 30.3. The second-order valence-electron chi connectivity index (χ2n) is 8.67. The van der Waals surface area contributed by atoms with E-state index in [1.54, 1.807) is 6.07 Å². The van der Waals surface area contributed by atoms with E-state index in [-0.39, 0.29) is 11.5 Å². The molecule has 3 nitrogen and oxygen atoms in total. The fourth-order valence-corrected chi connectivity index (χ4v) is 4.88. The Balaban J connectivity index is 1.53. The number of phenolic OH excluding ortho intramolecular Hbond substituents is 1. The topological polar surface area (TPSA) is 43.7 Å². The molecule has 0 amide bonds. The Bertz CT molecular complexity index is 555. The first kappa shape index (κ1) is 18.7. The zero-order valence-electron chi connectivity index (χ0n) is 16.0. The van der Waals surface area contributed by atoms with Crippen LogP contribution in [-0.4, -0.2) is 40.9 Å². The maximum atomic E-state index is 10.5. The summed E-state index contributed by atoms with van der Waals surface area (Å²) in [6.45, 7) is 7.82. The summed E-state index contributed by atoms with van der Waals surface area (Å²) < 4.78 is 0. The van der Waals surface area contributed by atoms with Crippen LogP contribution in [-0.2, 0) is 5.41 Å². The second kappa shape index (κ2) is 8.09. The smallest absolute Gasteiger partial charge is 0.115 e. The zero-order chi connectivity index (χ0) is 17.9. The molecular formula is C22H35NO2. The molecule has 1 saturated heterocycles. The van der Waals surface area contributed by atoms with Crippen LogP contribution in [0.5, 0.6) is 5.75 Å². The lowest BCUT2D eigenvalue weighted by Gasteiger charge is -2.45. The Morgan fingerprint density at radius 2 is 2.00 bits per heavy atom. The van der Waals surface area contributed by atoms with E-state index in [1.165, 1.54) is 37.7 Å². The van der Waals surface area contributed by atoms with Gasteiger partial charge in [0.2, 0.25) is 0 Å². The highest BCUT2D eigenvalue weighted by atomic mass is 16.3. The summed E-state index contributed by atoms with van der Waals surface area (Å²) >= 11 is 0. The number of aliphatic hydroxyl groups is 1. The Hall–Kier alpha value is -1.06. The van der Waals surface area contributed by atoms with Crippen LogP contribution in [0.3, 0.4) is 0 Å². The van der Waals surface area contributed by atoms with Crippen LogP contribution in [0.2, 0.25) is 0 Å². The number of rotatable bonds is 5. The molecule has 2 N–H and O–H groups in total. The second-order valence-corrected chi connectivity index (χ2v) is 8.67. The molecule has 3 rings (SSSR count). The minimum atomic E-state index is -0.116. The molecule has 0 bridgehead atoms. The Labute approximate surface area is 153 Å². The minimum absolute atomic E-state index is 0.116. The average molecular weight is 346 g/mol. The highest BCUT2D eigenvalue weighted by molar-refractivity contribution is 5.33. The highest BCUT2D eigenvalue weighted by Gasteiger charge is 2.38. The average Bonchev–Trinajstić information content (AvgIpc) is 2.63. The van der Waals surface area contributed by atoms with Crippen molar-refractivity contribution < 1.29 is 10.2 Å². The molecule has 1 unspecified atom stereocenters. The van der Waals surface area contributed by atoms with Crippen LogP contribution < -0.4 is 0 Å². The van der Waals surface area contributed by atoms with Crippen molar-refractivity contribution >= 4 is 0 Å². The van der Waals surface area contributed by atoms with Crippen molar-refractivity contribution in [1.29, 1.82) is 0 Å². The molecule has 1 saturated carbocycles. The maximum Gasteiger partial charge on any atom is 0.115 e. The van der Waals surface area contributed by atoms with E-state index < -0.39 is 0 Å². The van der Waals surface area contributed by atoms with Crippen molar-refractivity contribution in [3.63, 3.8) is 0 Å². The van der Waals surface area contributed by atoms with Gasteiger partial charge < -0.3 is 15.1 Å². The van der Waals surface area contributed by atoms with Crippen molar-refractivity contribution in [2.24, 2.45) is 11.8 Å². The standard InChI is InChI=1S/C22H35NO2/c1-17-16-23(13-11-21(25)18-7-4-3-5-8-18)14-12-22(17,2)19-9-6-10-20(24)15-19/h6,9-10,15,17-18,21,24-25H,3-5,7-8,11-14,16H2,1-2H3/t17-,21?,22-/m0/s1. The summed E-state index contributed by atoms with van der Waals surface area (Å²) in [6, 6.07) is 7.78. The van der Waals surface area contributed by atoms with Crippen molar-refractivity contribution in [3.8, 4) is 5.75 Å². The molecule has 0 radical (unpaired) electrons. The molecule has 1 heterocycles. The predicted octanol–water partition coefficient (Wildman–Crippen LogP) is 4.32. The largest absolute Gasteiger partial charge is 0.508 e. The first-order valence-corrected chi connectivity index (χ1v) is 10.2. The maximum absolute atomic E-state index is 10.5. The third-order valence-electron chi connectivity index (χ3n) is 7.01. The molecule has 1 aromatic rings. The van der Waals surface area contributed by atoms with Crippen LogP contribution in [0.4, 0.5) is 0 Å². The summed E-state index contributed by atoms with van der Waals surface area (Å²) in [5.74, 6) is 1.44. The van der Waals surface area contributed by atoms with Crippen molar-refractivity contribution in [1.82, 2.24) is 4.90 Å². The van der Waals surface area contributed by atoms with E-state index in [4.69, 9.17) is 0 Å². The molecule has 3 heteroatoms. The lowest BCUT2D eigenvalue weighted by Crippen LogP contribution is -2.48. The van der Waals surface area contributed by atoms with E-state index in [2.05, 4.69) is 24.8 Å². The molecule has 0 spiro atoms. The van der Waals surface area contributed by atoms with Gasteiger partial charge in [0.15, 0.2) is 0 Å². The van der Waals surface area contributed by atoms with Crippen LogP contribution >= 0.6 is 0 Å². The first-order chi connectivity index (χ1) is 12.0. The first-order valence-electron chi connectivity index (χ1n) is 10.2. The lowest BCUT2D eigenvalue weighted by molar-refractivity contribution is 0.0502. The number of hydrogen-bond acceptors (Lipinski definition) is 3. The summed E-state index contributed by atoms with van der Waals surface area (Å²) in [6.07, 6.45) is 8.28. The number of nitrogens with zero attached hydrogens (tertiary/aromatic N) is 1. The van der Waals surface area contributed by atoms with Crippen molar-refractivity contribution in [2.75, 3.05) is 19.6 Å². The third kappa shape index (κ3) is 4.38. The van der Waals surface area contributed by atoms with Gasteiger partial charge in [0.05, 0.1) is 6.10 Å². The number of likely N-dealkylation sites (tertiary alicyclic amines) is 1. The van der Waals surface area contributed by atoms with Gasteiger partial charge in [0, 0.05) is 13.1 Å². The molecular weight excluding hydrogens is 310 g/mol. The van der Waals surface area contributed by atoms with Gasteiger partial charge in [-0.25, -0.2) is 0 Å². The molecule has 1 aliphatic heterocycles. The van der Waals surface area contributed by atoms with Crippen molar-refractivity contribution in [3.05, 3.63) is 29.8 Å². The zero-order valence-corrected chi connectivity index (χ0v) is 16.0. The number of benzene rings is 1. The lowest BCUT2D eigenvalue weighted by atomic mass is 9.68. The Kier molecular flexibility index (Phi) is 6.06. The fourth-order valence-electron chi connectivity index (χ4n) is 4.88. The van der Waals surface area contributed by atoms with Crippen LogP contribution in [0.15, 0.2) is 24.3 Å². The summed E-state index contributed by atoms with van der Waals surface area (Å²) in [5.41, 5.74) is 1.37. The van der Waals surface area contributed by atoms with E-state index in [1.807, 2.05) is 12.1 Å². The Morgan fingerprint density at radius 3 is 2.68 bits per heavy atom. The molecule has 140 valence electrons. The highest BCUT2D eigenvalue weighted by Crippen LogP contribution is 2.40. The van der Waals surface area contributed by atoms with Crippen molar-refractivity contribution in [2.45, 2.75) is 70.3 Å². The number of hydrogen-bond donors (Lipinski definition) is 2. The molecule has 2 aliphatic rings. The van der Waals surface area contributed by atoms with E-state index in [9.17, 15) is 10.2 Å². The summed E-state index contributed by atoms with van der Waals surface area (Å²) in [4.78, 5) is 2.53. The van der Waals surface area contributed by atoms with Crippen LogP contribution in [0, 0.1) is 11.8 Å². The van der Waals surface area contributed by atoms with Gasteiger partial charge in [-0.15, -0.1) is 0 Å². The van der Waals surface area contributed by atoms with Gasteiger partial charge in [-0.05, 0) is 67.2 Å². The number of aromatic hydroxyl groups is 1. The SMILES string of the molecule is C[C@H]1CN(CCC(O)C2CCCCC2)CC[C@]1(C)c1cccc(O)c1. The number of phenols is 1. The molecule has 25 heavy (non-hydrogen) atoms. The van der Waals surface area contributed by atoms with E-state index >= 15 is 0 Å².